The molecule has 42 heavy (non-hydrogen) atoms. The van der Waals surface area contributed by atoms with Crippen LogP contribution in [0.5, 0.6) is 5.75 Å². The third-order valence-electron chi connectivity index (χ3n) is 6.69. The molecule has 0 atom stereocenters. The molecule has 0 aliphatic rings. The van der Waals surface area contributed by atoms with Crippen molar-refractivity contribution in [2.24, 2.45) is 0 Å². The SMILES string of the molecule is Cc1ccc(S(=O)(=O)OCCC(CCOS(=O)(=O)c2ccc(C)cc2)c2cccc(F)c2OCc2ccccc2)cc1. The first-order valence-electron chi connectivity index (χ1n) is 13.4. The summed E-state index contributed by atoms with van der Waals surface area (Å²) in [6, 6.07) is 26.3. The molecule has 0 fully saturated rings. The van der Waals surface area contributed by atoms with Crippen molar-refractivity contribution in [2.45, 2.75) is 49.0 Å². The number of hydrogen-bond acceptors (Lipinski definition) is 7. The normalized spacial score (nSPS) is 12.0. The van der Waals surface area contributed by atoms with E-state index in [1.165, 1.54) is 36.4 Å². The molecule has 4 rings (SSSR count). The molecule has 0 bridgehead atoms. The van der Waals surface area contributed by atoms with Crippen molar-refractivity contribution in [1.82, 2.24) is 0 Å². The molecule has 4 aromatic carbocycles. The predicted octanol–water partition coefficient (Wildman–Crippen LogP) is 6.70. The summed E-state index contributed by atoms with van der Waals surface area (Å²) in [5.74, 6) is -1.13. The van der Waals surface area contributed by atoms with Gasteiger partial charge in [0, 0.05) is 5.56 Å². The molecule has 0 aliphatic heterocycles. The van der Waals surface area contributed by atoms with Crippen LogP contribution in [-0.2, 0) is 35.2 Å². The predicted molar refractivity (Wildman–Crippen MR) is 158 cm³/mol. The van der Waals surface area contributed by atoms with Crippen molar-refractivity contribution in [1.29, 1.82) is 0 Å². The maximum absolute atomic E-state index is 15.1. The zero-order valence-electron chi connectivity index (χ0n) is 23.4. The van der Waals surface area contributed by atoms with Gasteiger partial charge in [0.1, 0.15) is 6.61 Å². The summed E-state index contributed by atoms with van der Waals surface area (Å²) in [5, 5.41) is 0. The van der Waals surface area contributed by atoms with Crippen LogP contribution in [0.1, 0.15) is 41.0 Å². The molecule has 0 N–H and O–H groups in total. The lowest BCUT2D eigenvalue weighted by Crippen LogP contribution is -2.15. The quantitative estimate of drug-likeness (QED) is 0.146. The number of ether oxygens (including phenoxy) is 1. The average Bonchev–Trinajstić information content (AvgIpc) is 2.96. The maximum atomic E-state index is 15.1. The monoisotopic (exact) mass is 612 g/mol. The fourth-order valence-corrected chi connectivity index (χ4v) is 6.17. The summed E-state index contributed by atoms with van der Waals surface area (Å²) in [6.45, 7) is 3.36. The Labute approximate surface area is 247 Å². The molecule has 0 aliphatic carbocycles. The zero-order valence-corrected chi connectivity index (χ0v) is 25.0. The zero-order chi connectivity index (χ0) is 30.2. The first kappa shape index (κ1) is 31.4. The Morgan fingerprint density at radius 3 is 1.64 bits per heavy atom. The summed E-state index contributed by atoms with van der Waals surface area (Å²) in [5.41, 5.74) is 3.11. The topological polar surface area (TPSA) is 96.0 Å². The fraction of sp³-hybridized carbons (Fsp3) is 0.250. The molecule has 0 saturated carbocycles. The van der Waals surface area contributed by atoms with Crippen LogP contribution in [0.4, 0.5) is 4.39 Å². The van der Waals surface area contributed by atoms with Crippen molar-refractivity contribution in [3.63, 3.8) is 0 Å². The van der Waals surface area contributed by atoms with Gasteiger partial charge in [-0.2, -0.15) is 16.8 Å². The number of benzene rings is 4. The van der Waals surface area contributed by atoms with E-state index in [1.807, 2.05) is 44.2 Å². The Bertz CT molecular complexity index is 1590. The minimum Gasteiger partial charge on any atom is -0.486 e. The van der Waals surface area contributed by atoms with Crippen LogP contribution in [0.2, 0.25) is 0 Å². The van der Waals surface area contributed by atoms with Crippen LogP contribution in [-0.4, -0.2) is 30.0 Å². The van der Waals surface area contributed by atoms with Gasteiger partial charge in [-0.05, 0) is 68.5 Å². The lowest BCUT2D eigenvalue weighted by molar-refractivity contribution is 0.257. The van der Waals surface area contributed by atoms with Gasteiger partial charge in [-0.15, -0.1) is 0 Å². The van der Waals surface area contributed by atoms with E-state index in [2.05, 4.69) is 0 Å². The van der Waals surface area contributed by atoms with Crippen molar-refractivity contribution in [3.8, 4) is 5.75 Å². The molecule has 10 heteroatoms. The van der Waals surface area contributed by atoms with E-state index in [0.29, 0.717) is 5.56 Å². The fourth-order valence-electron chi connectivity index (χ4n) is 4.33. The number of para-hydroxylation sites is 1. The molecule has 0 heterocycles. The standard InChI is InChI=1S/C32H33FO7S2/c1-24-11-15-28(16-12-24)41(34,35)39-21-19-27(20-22-40-42(36,37)29-17-13-25(2)14-18-29)30-9-6-10-31(33)32(30)38-23-26-7-4-3-5-8-26/h3-18,27H,19-23H2,1-2H3. The van der Waals surface area contributed by atoms with Crippen LogP contribution in [0.15, 0.2) is 107 Å². The Hall–Kier alpha value is -3.57. The highest BCUT2D eigenvalue weighted by molar-refractivity contribution is 7.87. The third-order valence-corrected chi connectivity index (χ3v) is 9.35. The van der Waals surface area contributed by atoms with E-state index in [4.69, 9.17) is 13.1 Å². The highest BCUT2D eigenvalue weighted by Crippen LogP contribution is 2.35. The van der Waals surface area contributed by atoms with Gasteiger partial charge in [0.15, 0.2) is 11.6 Å². The average molecular weight is 613 g/mol. The Morgan fingerprint density at radius 2 is 1.14 bits per heavy atom. The third kappa shape index (κ3) is 8.48. The molecule has 0 amide bonds. The minimum absolute atomic E-state index is 0.00846. The molecule has 0 spiro atoms. The highest BCUT2D eigenvalue weighted by Gasteiger charge is 2.23. The van der Waals surface area contributed by atoms with Crippen LogP contribution in [0.25, 0.3) is 0 Å². The number of rotatable bonds is 14. The molecule has 4 aromatic rings. The lowest BCUT2D eigenvalue weighted by Gasteiger charge is -2.21. The largest absolute Gasteiger partial charge is 0.486 e. The van der Waals surface area contributed by atoms with E-state index >= 15 is 4.39 Å². The van der Waals surface area contributed by atoms with Gasteiger partial charge in [0.05, 0.1) is 23.0 Å². The minimum atomic E-state index is -4.04. The summed E-state index contributed by atoms with van der Waals surface area (Å²) in [4.78, 5) is 0.0460. The summed E-state index contributed by atoms with van der Waals surface area (Å²) < 4.78 is 82.6. The van der Waals surface area contributed by atoms with Crippen molar-refractivity contribution < 1.29 is 34.3 Å². The van der Waals surface area contributed by atoms with Crippen molar-refractivity contribution in [2.75, 3.05) is 13.2 Å². The van der Waals surface area contributed by atoms with Gasteiger partial charge in [-0.3, -0.25) is 8.37 Å². The number of hydrogen-bond donors (Lipinski definition) is 0. The van der Waals surface area contributed by atoms with Gasteiger partial charge < -0.3 is 4.74 Å². The molecule has 0 saturated heterocycles. The molecular weight excluding hydrogens is 579 g/mol. The second-order valence-corrected chi connectivity index (χ2v) is 13.1. The molecule has 7 nitrogen and oxygen atoms in total. The lowest BCUT2D eigenvalue weighted by atomic mass is 9.92. The molecule has 0 radical (unpaired) electrons. The van der Waals surface area contributed by atoms with Gasteiger partial charge >= 0.3 is 0 Å². The maximum Gasteiger partial charge on any atom is 0.296 e. The second-order valence-electron chi connectivity index (χ2n) is 9.89. The summed E-state index contributed by atoms with van der Waals surface area (Å²) in [6.07, 6.45) is 0.258. The Balaban J connectivity index is 1.53. The Morgan fingerprint density at radius 1 is 0.643 bits per heavy atom. The van der Waals surface area contributed by atoms with Crippen LogP contribution in [0.3, 0.4) is 0 Å². The van der Waals surface area contributed by atoms with E-state index in [0.717, 1.165) is 16.7 Å². The van der Waals surface area contributed by atoms with E-state index in [1.54, 1.807) is 30.3 Å². The van der Waals surface area contributed by atoms with Crippen LogP contribution in [0, 0.1) is 19.7 Å². The van der Waals surface area contributed by atoms with Crippen LogP contribution >= 0.6 is 0 Å². The second kappa shape index (κ2) is 14.1. The van der Waals surface area contributed by atoms with Gasteiger partial charge in [0.25, 0.3) is 20.2 Å². The van der Waals surface area contributed by atoms with Gasteiger partial charge in [-0.1, -0.05) is 77.9 Å². The van der Waals surface area contributed by atoms with Crippen molar-refractivity contribution >= 4 is 20.2 Å². The summed E-state index contributed by atoms with van der Waals surface area (Å²) in [7, 11) is -8.07. The Kier molecular flexibility index (Phi) is 10.5. The van der Waals surface area contributed by atoms with Crippen molar-refractivity contribution in [3.05, 3.63) is 125 Å². The van der Waals surface area contributed by atoms with Gasteiger partial charge in [0.2, 0.25) is 0 Å². The first-order chi connectivity index (χ1) is 20.0. The van der Waals surface area contributed by atoms with Crippen LogP contribution < -0.4 is 4.74 Å². The summed E-state index contributed by atoms with van der Waals surface area (Å²) >= 11 is 0. The smallest absolute Gasteiger partial charge is 0.296 e. The van der Waals surface area contributed by atoms with E-state index in [9.17, 15) is 16.8 Å². The molecule has 222 valence electrons. The molecule has 0 aromatic heterocycles. The highest BCUT2D eigenvalue weighted by atomic mass is 32.2. The van der Waals surface area contributed by atoms with E-state index < -0.39 is 32.0 Å². The van der Waals surface area contributed by atoms with Gasteiger partial charge in [-0.25, -0.2) is 4.39 Å². The van der Waals surface area contributed by atoms with E-state index in [-0.39, 0.29) is 48.2 Å². The number of halogens is 1. The number of aryl methyl sites for hydroxylation is 2. The first-order valence-corrected chi connectivity index (χ1v) is 16.2. The molecule has 0 unspecified atom stereocenters. The molecular formula is C32H33FO7S2.